The van der Waals surface area contributed by atoms with E-state index in [1.807, 2.05) is 61.5 Å². The van der Waals surface area contributed by atoms with E-state index in [1.54, 1.807) is 0 Å². The molecule has 0 saturated carbocycles. The van der Waals surface area contributed by atoms with Crippen LogP contribution in [0.4, 0.5) is 5.69 Å². The standard InChI is InChI=1S/C19H22N2O2S/c1-3-18(19(23)20-13-15-7-5-4-6-8-15)24-17-11-9-16(10-12-17)21-14(2)22/h4-12,18H,3,13H2,1-2H3,(H,20,23)(H,21,22). The fourth-order valence-corrected chi connectivity index (χ4v) is 3.18. The Morgan fingerprint density at radius 3 is 2.29 bits per heavy atom. The predicted molar refractivity (Wildman–Crippen MR) is 99.0 cm³/mol. The highest BCUT2D eigenvalue weighted by molar-refractivity contribution is 8.00. The number of rotatable bonds is 7. The molecule has 0 saturated heterocycles. The first-order valence-corrected chi connectivity index (χ1v) is 8.82. The second-order valence-electron chi connectivity index (χ2n) is 5.42. The van der Waals surface area contributed by atoms with E-state index < -0.39 is 0 Å². The van der Waals surface area contributed by atoms with Gasteiger partial charge in [0.05, 0.1) is 5.25 Å². The number of amides is 2. The SMILES string of the molecule is CCC(Sc1ccc(NC(C)=O)cc1)C(=O)NCc1ccccc1. The Morgan fingerprint density at radius 2 is 1.71 bits per heavy atom. The lowest BCUT2D eigenvalue weighted by atomic mass is 10.2. The zero-order valence-electron chi connectivity index (χ0n) is 13.9. The van der Waals surface area contributed by atoms with E-state index in [-0.39, 0.29) is 17.1 Å². The molecule has 4 nitrogen and oxygen atoms in total. The molecule has 24 heavy (non-hydrogen) atoms. The van der Waals surface area contributed by atoms with Gasteiger partial charge in [-0.05, 0) is 36.2 Å². The molecular formula is C19H22N2O2S. The van der Waals surface area contributed by atoms with Crippen molar-refractivity contribution in [3.63, 3.8) is 0 Å². The van der Waals surface area contributed by atoms with E-state index in [1.165, 1.54) is 18.7 Å². The average Bonchev–Trinajstić information content (AvgIpc) is 2.59. The van der Waals surface area contributed by atoms with Crippen molar-refractivity contribution >= 4 is 29.3 Å². The second kappa shape index (κ2) is 9.13. The Kier molecular flexibility index (Phi) is 6.88. The molecule has 0 spiro atoms. The Morgan fingerprint density at radius 1 is 1.04 bits per heavy atom. The molecule has 0 heterocycles. The van der Waals surface area contributed by atoms with Crippen LogP contribution in [0.5, 0.6) is 0 Å². The van der Waals surface area contributed by atoms with Crippen LogP contribution in [0.2, 0.25) is 0 Å². The number of thioether (sulfide) groups is 1. The monoisotopic (exact) mass is 342 g/mol. The summed E-state index contributed by atoms with van der Waals surface area (Å²) in [4.78, 5) is 24.4. The van der Waals surface area contributed by atoms with Crippen molar-refractivity contribution < 1.29 is 9.59 Å². The summed E-state index contributed by atoms with van der Waals surface area (Å²) < 4.78 is 0. The zero-order chi connectivity index (χ0) is 17.4. The van der Waals surface area contributed by atoms with Crippen molar-refractivity contribution in [2.75, 3.05) is 5.32 Å². The van der Waals surface area contributed by atoms with Crippen LogP contribution >= 0.6 is 11.8 Å². The van der Waals surface area contributed by atoms with Gasteiger partial charge in [-0.1, -0.05) is 37.3 Å². The number of hydrogen-bond acceptors (Lipinski definition) is 3. The summed E-state index contributed by atoms with van der Waals surface area (Å²) in [6.45, 7) is 4.02. The Hall–Kier alpha value is -2.27. The van der Waals surface area contributed by atoms with Gasteiger partial charge in [0.25, 0.3) is 0 Å². The number of benzene rings is 2. The van der Waals surface area contributed by atoms with Gasteiger partial charge in [-0.2, -0.15) is 0 Å². The van der Waals surface area contributed by atoms with Gasteiger partial charge in [0.1, 0.15) is 0 Å². The van der Waals surface area contributed by atoms with Gasteiger partial charge in [-0.15, -0.1) is 11.8 Å². The number of hydrogen-bond donors (Lipinski definition) is 2. The Balaban J connectivity index is 1.90. The summed E-state index contributed by atoms with van der Waals surface area (Å²) in [5.41, 5.74) is 1.85. The maximum Gasteiger partial charge on any atom is 0.233 e. The summed E-state index contributed by atoms with van der Waals surface area (Å²) in [5.74, 6) is -0.0561. The van der Waals surface area contributed by atoms with Crippen LogP contribution in [0.3, 0.4) is 0 Å². The molecule has 2 aromatic rings. The second-order valence-corrected chi connectivity index (χ2v) is 6.70. The summed E-state index contributed by atoms with van der Waals surface area (Å²) in [5, 5.41) is 5.59. The first-order valence-electron chi connectivity index (χ1n) is 7.94. The van der Waals surface area contributed by atoms with Crippen LogP contribution in [0.1, 0.15) is 25.8 Å². The molecule has 0 radical (unpaired) electrons. The van der Waals surface area contributed by atoms with E-state index in [0.29, 0.717) is 6.54 Å². The van der Waals surface area contributed by atoms with E-state index >= 15 is 0 Å². The lowest BCUT2D eigenvalue weighted by Gasteiger charge is -2.15. The van der Waals surface area contributed by atoms with Gasteiger partial charge in [0.2, 0.25) is 11.8 Å². The van der Waals surface area contributed by atoms with Crippen molar-refractivity contribution in [2.24, 2.45) is 0 Å². The van der Waals surface area contributed by atoms with E-state index in [9.17, 15) is 9.59 Å². The zero-order valence-corrected chi connectivity index (χ0v) is 14.7. The highest BCUT2D eigenvalue weighted by atomic mass is 32.2. The summed E-state index contributed by atoms with van der Waals surface area (Å²) in [6, 6.07) is 17.4. The molecule has 2 N–H and O–H groups in total. The van der Waals surface area contributed by atoms with E-state index in [0.717, 1.165) is 22.6 Å². The predicted octanol–water partition coefficient (Wildman–Crippen LogP) is 3.83. The number of anilines is 1. The highest BCUT2D eigenvalue weighted by Gasteiger charge is 2.17. The van der Waals surface area contributed by atoms with Crippen molar-refractivity contribution in [3.05, 3.63) is 60.2 Å². The first kappa shape index (κ1) is 18.1. The molecule has 126 valence electrons. The van der Waals surface area contributed by atoms with E-state index in [2.05, 4.69) is 10.6 Å². The maximum absolute atomic E-state index is 12.4. The molecule has 2 aromatic carbocycles. The fraction of sp³-hybridized carbons (Fsp3) is 0.263. The summed E-state index contributed by atoms with van der Waals surface area (Å²) >= 11 is 1.53. The van der Waals surface area contributed by atoms with Crippen LogP contribution in [0.15, 0.2) is 59.5 Å². The van der Waals surface area contributed by atoms with Crippen molar-refractivity contribution in [3.8, 4) is 0 Å². The topological polar surface area (TPSA) is 58.2 Å². The minimum Gasteiger partial charge on any atom is -0.351 e. The molecule has 1 atom stereocenters. The van der Waals surface area contributed by atoms with Gasteiger partial charge in [0, 0.05) is 24.1 Å². The van der Waals surface area contributed by atoms with Crippen molar-refractivity contribution in [1.29, 1.82) is 0 Å². The molecular weight excluding hydrogens is 320 g/mol. The third kappa shape index (κ3) is 5.74. The molecule has 0 aromatic heterocycles. The minimum absolute atomic E-state index is 0.0392. The molecule has 0 aliphatic heterocycles. The summed E-state index contributed by atoms with van der Waals surface area (Å²) in [7, 11) is 0. The quantitative estimate of drug-likeness (QED) is 0.752. The van der Waals surface area contributed by atoms with E-state index in [4.69, 9.17) is 0 Å². The van der Waals surface area contributed by atoms with Crippen LogP contribution in [-0.4, -0.2) is 17.1 Å². The highest BCUT2D eigenvalue weighted by Crippen LogP contribution is 2.27. The molecule has 5 heteroatoms. The number of nitrogens with one attached hydrogen (secondary N) is 2. The molecule has 1 unspecified atom stereocenters. The van der Waals surface area contributed by atoms with Crippen LogP contribution < -0.4 is 10.6 Å². The van der Waals surface area contributed by atoms with Gasteiger partial charge in [-0.25, -0.2) is 0 Å². The van der Waals surface area contributed by atoms with Crippen molar-refractivity contribution in [2.45, 2.75) is 37.0 Å². The molecule has 2 amide bonds. The average molecular weight is 342 g/mol. The van der Waals surface area contributed by atoms with Gasteiger partial charge < -0.3 is 10.6 Å². The maximum atomic E-state index is 12.4. The molecule has 0 bridgehead atoms. The number of carbonyl (C=O) groups excluding carboxylic acids is 2. The third-order valence-electron chi connectivity index (χ3n) is 3.43. The molecule has 0 fully saturated rings. The largest absolute Gasteiger partial charge is 0.351 e. The molecule has 2 rings (SSSR count). The summed E-state index contributed by atoms with van der Waals surface area (Å²) in [6.07, 6.45) is 0.749. The minimum atomic E-state index is -0.139. The lowest BCUT2D eigenvalue weighted by Crippen LogP contribution is -2.31. The van der Waals surface area contributed by atoms with Gasteiger partial charge >= 0.3 is 0 Å². The van der Waals surface area contributed by atoms with Gasteiger partial charge in [-0.3, -0.25) is 9.59 Å². The lowest BCUT2D eigenvalue weighted by molar-refractivity contribution is -0.120. The Bertz CT molecular complexity index is 672. The molecule has 0 aliphatic carbocycles. The fourth-order valence-electron chi connectivity index (χ4n) is 2.21. The third-order valence-corrected chi connectivity index (χ3v) is 4.80. The Labute approximate surface area is 147 Å². The first-order chi connectivity index (χ1) is 11.6. The van der Waals surface area contributed by atoms with Gasteiger partial charge in [0.15, 0.2) is 0 Å². The normalized spacial score (nSPS) is 11.6. The van der Waals surface area contributed by atoms with Crippen LogP contribution in [0.25, 0.3) is 0 Å². The van der Waals surface area contributed by atoms with Crippen LogP contribution in [-0.2, 0) is 16.1 Å². The van der Waals surface area contributed by atoms with Crippen LogP contribution in [0, 0.1) is 0 Å². The smallest absolute Gasteiger partial charge is 0.233 e. The molecule has 0 aliphatic rings. The number of carbonyl (C=O) groups is 2. The van der Waals surface area contributed by atoms with Crippen molar-refractivity contribution in [1.82, 2.24) is 5.32 Å².